The standard InChI is InChI=1S/C5H10NO3/c6-3-2-9-4(1-7)5(3)8/h2-5,7-8H,1,6H2/t3-,4-,5+/m1/s1. The van der Waals surface area contributed by atoms with Gasteiger partial charge in [-0.05, 0) is 0 Å². The van der Waals surface area contributed by atoms with Gasteiger partial charge in [0.1, 0.15) is 18.8 Å². The lowest BCUT2D eigenvalue weighted by atomic mass is 10.1. The number of ether oxygens (including phenoxy) is 1. The average Bonchev–Trinajstić information content (AvgIpc) is 2.15. The minimum Gasteiger partial charge on any atom is -0.394 e. The van der Waals surface area contributed by atoms with Gasteiger partial charge in [0.15, 0.2) is 0 Å². The van der Waals surface area contributed by atoms with Gasteiger partial charge in [0.25, 0.3) is 0 Å². The summed E-state index contributed by atoms with van der Waals surface area (Å²) in [5.41, 5.74) is 5.30. The molecule has 0 saturated carbocycles. The van der Waals surface area contributed by atoms with E-state index in [2.05, 4.69) is 0 Å². The van der Waals surface area contributed by atoms with Crippen molar-refractivity contribution in [1.82, 2.24) is 0 Å². The molecule has 0 aromatic carbocycles. The van der Waals surface area contributed by atoms with Crippen LogP contribution in [0.5, 0.6) is 0 Å². The summed E-state index contributed by atoms with van der Waals surface area (Å²) in [6.07, 6.45) is -1.28. The van der Waals surface area contributed by atoms with Crippen molar-refractivity contribution in [1.29, 1.82) is 0 Å². The van der Waals surface area contributed by atoms with Crippen molar-refractivity contribution in [2.75, 3.05) is 6.61 Å². The molecule has 0 aliphatic carbocycles. The van der Waals surface area contributed by atoms with Crippen LogP contribution in [0.4, 0.5) is 0 Å². The Kier molecular flexibility index (Phi) is 2.02. The summed E-state index contributed by atoms with van der Waals surface area (Å²) in [6.45, 7) is 1.15. The van der Waals surface area contributed by atoms with Crippen LogP contribution in [-0.4, -0.2) is 35.1 Å². The second-order valence-electron chi connectivity index (χ2n) is 2.06. The molecule has 1 rings (SSSR count). The monoisotopic (exact) mass is 132 g/mol. The molecule has 1 aliphatic heterocycles. The van der Waals surface area contributed by atoms with Crippen molar-refractivity contribution < 1.29 is 14.9 Å². The van der Waals surface area contributed by atoms with E-state index in [4.69, 9.17) is 20.7 Å². The predicted octanol–water partition coefficient (Wildman–Crippen LogP) is -1.77. The minimum absolute atomic E-state index is 0.189. The molecule has 0 bridgehead atoms. The Hall–Kier alpha value is -0.160. The minimum atomic E-state index is -0.755. The van der Waals surface area contributed by atoms with Crippen molar-refractivity contribution in [3.63, 3.8) is 0 Å². The van der Waals surface area contributed by atoms with Crippen molar-refractivity contribution in [3.8, 4) is 0 Å². The molecule has 3 atom stereocenters. The predicted molar refractivity (Wildman–Crippen MR) is 30.2 cm³/mol. The smallest absolute Gasteiger partial charge is 0.109 e. The first-order valence-electron chi connectivity index (χ1n) is 2.79. The maximum absolute atomic E-state index is 9.02. The van der Waals surface area contributed by atoms with Crippen LogP contribution in [0.3, 0.4) is 0 Å². The van der Waals surface area contributed by atoms with E-state index in [0.29, 0.717) is 0 Å². The van der Waals surface area contributed by atoms with Gasteiger partial charge in [-0.25, -0.2) is 0 Å². The van der Waals surface area contributed by atoms with Crippen LogP contribution in [0, 0.1) is 6.61 Å². The maximum atomic E-state index is 9.02. The number of aliphatic hydroxyl groups excluding tert-OH is 2. The van der Waals surface area contributed by atoms with Crippen LogP contribution in [-0.2, 0) is 4.74 Å². The number of hydrogen-bond donors (Lipinski definition) is 3. The molecule has 1 heterocycles. The zero-order valence-corrected chi connectivity index (χ0v) is 4.90. The summed E-state index contributed by atoms with van der Waals surface area (Å²) in [5.74, 6) is 0. The summed E-state index contributed by atoms with van der Waals surface area (Å²) in [6, 6.07) is -0.456. The van der Waals surface area contributed by atoms with Crippen LogP contribution in [0.2, 0.25) is 0 Å². The molecule has 4 N–H and O–H groups in total. The van der Waals surface area contributed by atoms with Gasteiger partial charge in [-0.1, -0.05) is 0 Å². The number of aliphatic hydroxyl groups is 2. The maximum Gasteiger partial charge on any atom is 0.109 e. The van der Waals surface area contributed by atoms with E-state index in [1.165, 1.54) is 6.61 Å². The molecular weight excluding hydrogens is 122 g/mol. The third kappa shape index (κ3) is 1.21. The Morgan fingerprint density at radius 3 is 2.56 bits per heavy atom. The Labute approximate surface area is 53.2 Å². The van der Waals surface area contributed by atoms with Crippen LogP contribution >= 0.6 is 0 Å². The second-order valence-corrected chi connectivity index (χ2v) is 2.06. The average molecular weight is 132 g/mol. The van der Waals surface area contributed by atoms with Gasteiger partial charge in [0, 0.05) is 0 Å². The first-order valence-corrected chi connectivity index (χ1v) is 2.79. The Bertz CT molecular complexity index is 98.2. The first kappa shape index (κ1) is 6.95. The van der Waals surface area contributed by atoms with E-state index in [9.17, 15) is 0 Å². The Morgan fingerprint density at radius 2 is 2.33 bits per heavy atom. The molecule has 9 heavy (non-hydrogen) atoms. The van der Waals surface area contributed by atoms with Crippen molar-refractivity contribution in [3.05, 3.63) is 6.61 Å². The molecule has 1 aliphatic rings. The first-order chi connectivity index (χ1) is 4.25. The summed E-state index contributed by atoms with van der Waals surface area (Å²) in [4.78, 5) is 0. The quantitative estimate of drug-likeness (QED) is 0.394. The summed E-state index contributed by atoms with van der Waals surface area (Å²) >= 11 is 0. The largest absolute Gasteiger partial charge is 0.394 e. The van der Waals surface area contributed by atoms with Gasteiger partial charge < -0.3 is 20.7 Å². The lowest BCUT2D eigenvalue weighted by molar-refractivity contribution is 0.0151. The fourth-order valence-electron chi connectivity index (χ4n) is 0.752. The van der Waals surface area contributed by atoms with Crippen LogP contribution in [0.25, 0.3) is 0 Å². The van der Waals surface area contributed by atoms with E-state index in [0.717, 1.165) is 0 Å². The molecule has 1 radical (unpaired) electrons. The highest BCUT2D eigenvalue weighted by Crippen LogP contribution is 2.14. The molecule has 0 spiro atoms. The van der Waals surface area contributed by atoms with Gasteiger partial charge in [-0.3, -0.25) is 0 Å². The van der Waals surface area contributed by atoms with E-state index in [-0.39, 0.29) is 6.61 Å². The van der Waals surface area contributed by atoms with E-state index in [1.54, 1.807) is 0 Å². The zero-order chi connectivity index (χ0) is 6.85. The van der Waals surface area contributed by atoms with Gasteiger partial charge >= 0.3 is 0 Å². The zero-order valence-electron chi connectivity index (χ0n) is 4.90. The molecular formula is C5H10NO3. The molecule has 0 aromatic heterocycles. The summed E-state index contributed by atoms with van der Waals surface area (Å²) in [5, 5.41) is 17.5. The molecule has 0 aromatic rings. The van der Waals surface area contributed by atoms with Crippen molar-refractivity contribution in [2.24, 2.45) is 5.73 Å². The third-order valence-electron chi connectivity index (χ3n) is 1.37. The fourth-order valence-corrected chi connectivity index (χ4v) is 0.752. The van der Waals surface area contributed by atoms with Crippen LogP contribution < -0.4 is 5.73 Å². The SMILES string of the molecule is N[C@@H]1[CH]O[C@H](CO)[C@H]1O. The third-order valence-corrected chi connectivity index (χ3v) is 1.37. The van der Waals surface area contributed by atoms with E-state index < -0.39 is 18.2 Å². The highest BCUT2D eigenvalue weighted by atomic mass is 16.5. The molecule has 0 unspecified atom stereocenters. The van der Waals surface area contributed by atoms with Crippen LogP contribution in [0.1, 0.15) is 0 Å². The number of hydrogen-bond acceptors (Lipinski definition) is 4. The number of rotatable bonds is 1. The topological polar surface area (TPSA) is 75.7 Å². The number of nitrogens with two attached hydrogens (primary N) is 1. The molecule has 1 saturated heterocycles. The highest BCUT2D eigenvalue weighted by molar-refractivity contribution is 4.92. The summed E-state index contributed by atoms with van der Waals surface area (Å²) < 4.78 is 4.78. The fraction of sp³-hybridized carbons (Fsp3) is 0.800. The Balaban J connectivity index is 2.41. The second kappa shape index (κ2) is 2.62. The summed E-state index contributed by atoms with van der Waals surface area (Å²) in [7, 11) is 0. The molecule has 1 fully saturated rings. The lowest BCUT2D eigenvalue weighted by Gasteiger charge is -2.10. The molecule has 4 nitrogen and oxygen atoms in total. The van der Waals surface area contributed by atoms with E-state index in [1.807, 2.05) is 0 Å². The van der Waals surface area contributed by atoms with Gasteiger partial charge in [-0.2, -0.15) is 0 Å². The van der Waals surface area contributed by atoms with Crippen molar-refractivity contribution in [2.45, 2.75) is 18.2 Å². The lowest BCUT2D eigenvalue weighted by Crippen LogP contribution is -2.36. The van der Waals surface area contributed by atoms with Gasteiger partial charge in [0.05, 0.1) is 12.6 Å². The van der Waals surface area contributed by atoms with Gasteiger partial charge in [-0.15, -0.1) is 0 Å². The Morgan fingerprint density at radius 1 is 1.67 bits per heavy atom. The van der Waals surface area contributed by atoms with E-state index >= 15 is 0 Å². The molecule has 4 heteroatoms. The van der Waals surface area contributed by atoms with Gasteiger partial charge in [0.2, 0.25) is 0 Å². The highest BCUT2D eigenvalue weighted by Gasteiger charge is 2.32. The molecule has 0 amide bonds. The van der Waals surface area contributed by atoms with Crippen molar-refractivity contribution >= 4 is 0 Å². The molecule has 53 valence electrons. The van der Waals surface area contributed by atoms with Crippen LogP contribution in [0.15, 0.2) is 0 Å². The normalized spacial score (nSPS) is 43.7.